The van der Waals surface area contributed by atoms with Crippen molar-refractivity contribution in [2.45, 2.75) is 25.3 Å². The molecule has 0 aliphatic heterocycles. The largest absolute Gasteiger partial charge is 0.328 e. The summed E-state index contributed by atoms with van der Waals surface area (Å²) in [5.41, 5.74) is 5.27. The Bertz CT molecular complexity index is 78.5. The van der Waals surface area contributed by atoms with Crippen molar-refractivity contribution >= 4 is 0 Å². The Labute approximate surface area is 46.9 Å². The van der Waals surface area contributed by atoms with Crippen LogP contribution in [0, 0.1) is 5.92 Å². The molecule has 0 aromatic heterocycles. The fraction of sp³-hybridized carbons (Fsp3) is 1.00. The third-order valence-corrected chi connectivity index (χ3v) is 1.57. The van der Waals surface area contributed by atoms with Crippen LogP contribution in [0.4, 0.5) is 8.78 Å². The first kappa shape index (κ1) is 5.95. The van der Waals surface area contributed by atoms with E-state index in [0.29, 0.717) is 12.8 Å². The molecule has 1 aliphatic carbocycles. The van der Waals surface area contributed by atoms with Gasteiger partial charge in [0.05, 0.1) is 0 Å². The molecule has 0 heterocycles. The average Bonchev–Trinajstić information content (AvgIpc) is 1.57. The summed E-state index contributed by atoms with van der Waals surface area (Å²) in [5.74, 6) is -0.398. The highest BCUT2D eigenvalue weighted by molar-refractivity contribution is 4.83. The second-order valence-corrected chi connectivity index (χ2v) is 2.33. The lowest BCUT2D eigenvalue weighted by Gasteiger charge is -2.31. The molecular weight excluding hydrogens is 112 g/mol. The van der Waals surface area contributed by atoms with Gasteiger partial charge < -0.3 is 5.73 Å². The fourth-order valence-corrected chi connectivity index (χ4v) is 0.914. The van der Waals surface area contributed by atoms with Crippen molar-refractivity contribution in [1.82, 2.24) is 0 Å². The third kappa shape index (κ3) is 0.968. The third-order valence-electron chi connectivity index (χ3n) is 1.57. The second-order valence-electron chi connectivity index (χ2n) is 2.33. The van der Waals surface area contributed by atoms with E-state index in [1.54, 1.807) is 0 Å². The van der Waals surface area contributed by atoms with Crippen LogP contribution in [0.25, 0.3) is 0 Å². The predicted molar refractivity (Wildman–Crippen MR) is 26.7 cm³/mol. The molecule has 0 radical (unpaired) electrons. The molecule has 1 fully saturated rings. The Morgan fingerprint density at radius 3 is 2.00 bits per heavy atom. The van der Waals surface area contributed by atoms with E-state index in [1.165, 1.54) is 0 Å². The van der Waals surface area contributed by atoms with Gasteiger partial charge in [0, 0.05) is 12.0 Å². The van der Waals surface area contributed by atoms with Crippen molar-refractivity contribution in [1.29, 1.82) is 0 Å². The number of hydrogen-bond acceptors (Lipinski definition) is 1. The van der Waals surface area contributed by atoms with Gasteiger partial charge in [0.2, 0.25) is 6.43 Å². The molecule has 0 atom stereocenters. The molecule has 0 aromatic rings. The minimum atomic E-state index is -2.14. The monoisotopic (exact) mass is 121 g/mol. The number of alkyl halides is 2. The summed E-state index contributed by atoms with van der Waals surface area (Å²) < 4.78 is 23.2. The Balaban J connectivity index is 2.15. The SMILES string of the molecule is NC1CC(C(F)F)C1. The Hall–Kier alpha value is -0.180. The lowest BCUT2D eigenvalue weighted by Crippen LogP contribution is -2.39. The predicted octanol–water partition coefficient (Wildman–Crippen LogP) is 0.989. The van der Waals surface area contributed by atoms with Gasteiger partial charge in [-0.3, -0.25) is 0 Å². The van der Waals surface area contributed by atoms with E-state index in [4.69, 9.17) is 5.73 Å². The first-order valence-corrected chi connectivity index (χ1v) is 2.74. The lowest BCUT2D eigenvalue weighted by molar-refractivity contribution is 0.0242. The summed E-state index contributed by atoms with van der Waals surface area (Å²) in [4.78, 5) is 0. The summed E-state index contributed by atoms with van der Waals surface area (Å²) >= 11 is 0. The minimum absolute atomic E-state index is 0.0500. The van der Waals surface area contributed by atoms with Gasteiger partial charge in [-0.1, -0.05) is 0 Å². The van der Waals surface area contributed by atoms with E-state index in [-0.39, 0.29) is 6.04 Å². The molecule has 2 N–H and O–H groups in total. The zero-order valence-corrected chi connectivity index (χ0v) is 4.48. The number of nitrogens with two attached hydrogens (primary N) is 1. The highest BCUT2D eigenvalue weighted by Crippen LogP contribution is 2.30. The molecule has 8 heavy (non-hydrogen) atoms. The Morgan fingerprint density at radius 2 is 1.88 bits per heavy atom. The Morgan fingerprint density at radius 1 is 1.38 bits per heavy atom. The van der Waals surface area contributed by atoms with Crippen LogP contribution >= 0.6 is 0 Å². The van der Waals surface area contributed by atoms with Crippen LogP contribution in [0.3, 0.4) is 0 Å². The van der Waals surface area contributed by atoms with E-state index >= 15 is 0 Å². The van der Waals surface area contributed by atoms with Crippen LogP contribution in [0.1, 0.15) is 12.8 Å². The standard InChI is InChI=1S/C5H9F2N/c6-5(7)3-1-4(8)2-3/h3-5H,1-2,8H2. The molecule has 48 valence electrons. The molecule has 0 unspecified atom stereocenters. The molecular formula is C5H9F2N. The fourth-order valence-electron chi connectivity index (χ4n) is 0.914. The Kier molecular flexibility index (Phi) is 1.47. The number of rotatable bonds is 1. The van der Waals surface area contributed by atoms with Crippen molar-refractivity contribution < 1.29 is 8.78 Å². The number of hydrogen-bond donors (Lipinski definition) is 1. The van der Waals surface area contributed by atoms with Crippen molar-refractivity contribution in [3.8, 4) is 0 Å². The highest BCUT2D eigenvalue weighted by atomic mass is 19.3. The molecule has 0 spiro atoms. The van der Waals surface area contributed by atoms with Gasteiger partial charge in [0.15, 0.2) is 0 Å². The van der Waals surface area contributed by atoms with E-state index < -0.39 is 12.3 Å². The molecule has 1 saturated carbocycles. The summed E-state index contributed by atoms with van der Waals surface area (Å²) in [5, 5.41) is 0. The van der Waals surface area contributed by atoms with E-state index in [0.717, 1.165) is 0 Å². The van der Waals surface area contributed by atoms with Gasteiger partial charge in [-0.15, -0.1) is 0 Å². The van der Waals surface area contributed by atoms with Gasteiger partial charge >= 0.3 is 0 Å². The maximum atomic E-state index is 11.6. The minimum Gasteiger partial charge on any atom is -0.328 e. The van der Waals surface area contributed by atoms with Crippen molar-refractivity contribution in [3.63, 3.8) is 0 Å². The maximum Gasteiger partial charge on any atom is 0.241 e. The summed E-state index contributed by atoms with van der Waals surface area (Å²) in [6, 6.07) is 0.0500. The van der Waals surface area contributed by atoms with Crippen LogP contribution in [0.5, 0.6) is 0 Å². The second kappa shape index (κ2) is 1.97. The van der Waals surface area contributed by atoms with Gasteiger partial charge in [-0.2, -0.15) is 0 Å². The smallest absolute Gasteiger partial charge is 0.241 e. The molecule has 3 heteroatoms. The molecule has 1 aliphatic rings. The van der Waals surface area contributed by atoms with Gasteiger partial charge in [-0.25, -0.2) is 8.78 Å². The van der Waals surface area contributed by atoms with Crippen molar-refractivity contribution in [2.24, 2.45) is 11.7 Å². The first-order valence-electron chi connectivity index (χ1n) is 2.74. The molecule has 0 saturated heterocycles. The van der Waals surface area contributed by atoms with Crippen LogP contribution < -0.4 is 5.73 Å². The lowest BCUT2D eigenvalue weighted by atomic mass is 9.81. The molecule has 1 nitrogen and oxygen atoms in total. The zero-order valence-electron chi connectivity index (χ0n) is 4.48. The molecule has 1 rings (SSSR count). The topological polar surface area (TPSA) is 26.0 Å². The van der Waals surface area contributed by atoms with Gasteiger partial charge in [-0.05, 0) is 12.8 Å². The van der Waals surface area contributed by atoms with Crippen molar-refractivity contribution in [3.05, 3.63) is 0 Å². The van der Waals surface area contributed by atoms with Crippen molar-refractivity contribution in [2.75, 3.05) is 0 Å². The van der Waals surface area contributed by atoms with E-state index in [2.05, 4.69) is 0 Å². The van der Waals surface area contributed by atoms with Crippen LogP contribution in [-0.2, 0) is 0 Å². The van der Waals surface area contributed by atoms with E-state index in [1.807, 2.05) is 0 Å². The maximum absolute atomic E-state index is 11.6. The molecule has 0 amide bonds. The first-order chi connectivity index (χ1) is 3.70. The highest BCUT2D eigenvalue weighted by Gasteiger charge is 2.32. The van der Waals surface area contributed by atoms with Crippen LogP contribution in [0.2, 0.25) is 0 Å². The van der Waals surface area contributed by atoms with Crippen LogP contribution in [-0.4, -0.2) is 12.5 Å². The zero-order chi connectivity index (χ0) is 6.15. The number of halogens is 2. The molecule has 0 bridgehead atoms. The molecule has 0 aromatic carbocycles. The van der Waals surface area contributed by atoms with Gasteiger partial charge in [0.1, 0.15) is 0 Å². The van der Waals surface area contributed by atoms with Gasteiger partial charge in [0.25, 0.3) is 0 Å². The summed E-state index contributed by atoms with van der Waals surface area (Å²) in [6.45, 7) is 0. The van der Waals surface area contributed by atoms with E-state index in [9.17, 15) is 8.78 Å². The summed E-state index contributed by atoms with van der Waals surface area (Å²) in [6.07, 6.45) is -1.12. The van der Waals surface area contributed by atoms with Crippen LogP contribution in [0.15, 0.2) is 0 Å². The quantitative estimate of drug-likeness (QED) is 0.550. The normalized spacial score (nSPS) is 37.5. The average molecular weight is 121 g/mol. The summed E-state index contributed by atoms with van der Waals surface area (Å²) in [7, 11) is 0.